The van der Waals surface area contributed by atoms with Crippen molar-refractivity contribution in [2.45, 2.75) is 183 Å². The first-order chi connectivity index (χ1) is 30.2. The maximum absolute atomic E-state index is 13.7. The smallest absolute Gasteiger partial charge is 0.437 e. The Bertz CT molecular complexity index is 1770. The number of carbonyl (C=O) groups is 5. The Hall–Kier alpha value is -5.69. The molecule has 5 amide bonds. The minimum Gasteiger partial charge on any atom is -0.478 e. The predicted molar refractivity (Wildman–Crippen MR) is 253 cm³/mol. The van der Waals surface area contributed by atoms with Gasteiger partial charge in [0.15, 0.2) is 0 Å². The topological polar surface area (TPSA) is 245 Å². The zero-order valence-corrected chi connectivity index (χ0v) is 42.4. The number of guanidine groups is 2. The van der Waals surface area contributed by atoms with Crippen LogP contribution in [0.3, 0.4) is 0 Å². The fraction of sp³-hybridized carbons (Fsp3) is 0.717. The number of aliphatic imine (C=N–C) groups is 2. The van der Waals surface area contributed by atoms with Gasteiger partial charge in [-0.3, -0.25) is 26.4 Å². The van der Waals surface area contributed by atoms with E-state index in [0.29, 0.717) is 43.8 Å². The normalized spacial score (nSPS) is 12.2. The third kappa shape index (κ3) is 29.0. The van der Waals surface area contributed by atoms with E-state index in [4.69, 9.17) is 33.8 Å². The van der Waals surface area contributed by atoms with E-state index in [1.807, 2.05) is 0 Å². The van der Waals surface area contributed by atoms with Crippen molar-refractivity contribution < 1.29 is 52.4 Å². The predicted octanol–water partition coefficient (Wildman–Crippen LogP) is 9.30. The first-order valence-corrected chi connectivity index (χ1v) is 22.5. The fourth-order valence-electron chi connectivity index (χ4n) is 5.32. The van der Waals surface area contributed by atoms with Crippen molar-refractivity contribution in [2.24, 2.45) is 9.98 Å². The number of hydrogen-bond acceptors (Lipinski definition) is 14. The lowest BCUT2D eigenvalue weighted by Crippen LogP contribution is -2.49. The van der Waals surface area contributed by atoms with Crippen molar-refractivity contribution in [1.29, 1.82) is 5.41 Å². The maximum Gasteiger partial charge on any atom is 0.437 e. The number of carbonyl (C=O) groups excluding carboxylic acids is 5. The highest BCUT2D eigenvalue weighted by molar-refractivity contribution is 6.04. The van der Waals surface area contributed by atoms with E-state index in [9.17, 15) is 24.0 Å². The van der Waals surface area contributed by atoms with Gasteiger partial charge in [-0.25, -0.2) is 33.9 Å². The number of hydrogen-bond donors (Lipinski definition) is 4. The summed E-state index contributed by atoms with van der Waals surface area (Å²) in [5, 5.41) is 15.5. The number of alkyl carbamates (subject to hydrolysis) is 3. The van der Waals surface area contributed by atoms with Crippen LogP contribution in [0.1, 0.15) is 161 Å². The van der Waals surface area contributed by atoms with Crippen LogP contribution in [-0.2, 0) is 23.7 Å². The van der Waals surface area contributed by atoms with E-state index in [-0.39, 0.29) is 30.9 Å². The molecule has 1 aromatic rings. The lowest BCUT2D eigenvalue weighted by molar-refractivity contribution is 0.0343. The summed E-state index contributed by atoms with van der Waals surface area (Å²) in [4.78, 5) is 79.7. The SMILES string of the molecule is CN(CCCCCCCCN=C(NC(=O)OC(C)(C)C)NC(=O)OC(C)(C)C)C(=NC(=O)OC(C)(C)C)N(CCCCOc1ccc(C(=N)NC(=O)OC(C)(C)C)cn1)C(=O)OC(C)(C)C. The Labute approximate surface area is 392 Å². The second-order valence-corrected chi connectivity index (χ2v) is 20.5. The average Bonchev–Trinajstić information content (AvgIpc) is 3.11. The van der Waals surface area contributed by atoms with Gasteiger partial charge in [0.2, 0.25) is 17.8 Å². The zero-order valence-electron chi connectivity index (χ0n) is 42.4. The number of amides is 5. The van der Waals surface area contributed by atoms with Crippen LogP contribution < -0.4 is 20.7 Å². The molecule has 0 unspecified atom stereocenters. The molecule has 0 bridgehead atoms. The van der Waals surface area contributed by atoms with Gasteiger partial charge < -0.3 is 33.3 Å². The summed E-state index contributed by atoms with van der Waals surface area (Å²) in [6.07, 6.45) is 3.47. The maximum atomic E-state index is 13.7. The molecule has 0 aliphatic rings. The molecule has 20 heteroatoms. The van der Waals surface area contributed by atoms with Gasteiger partial charge in [0.1, 0.15) is 33.8 Å². The Morgan fingerprint density at radius 3 is 1.56 bits per heavy atom. The van der Waals surface area contributed by atoms with E-state index in [0.717, 1.165) is 32.1 Å². The van der Waals surface area contributed by atoms with Crippen LogP contribution in [0.2, 0.25) is 0 Å². The van der Waals surface area contributed by atoms with Gasteiger partial charge in [-0.15, -0.1) is 4.99 Å². The number of nitrogens with zero attached hydrogens (tertiary/aromatic N) is 5. The molecule has 1 heterocycles. The molecule has 4 N–H and O–H groups in total. The number of unbranched alkanes of at least 4 members (excludes halogenated alkanes) is 6. The molecule has 0 radical (unpaired) electrons. The average molecular weight is 934 g/mol. The first-order valence-electron chi connectivity index (χ1n) is 22.5. The van der Waals surface area contributed by atoms with E-state index in [2.05, 4.69) is 30.9 Å². The lowest BCUT2D eigenvalue weighted by Gasteiger charge is -2.32. The van der Waals surface area contributed by atoms with Crippen LogP contribution in [-0.4, -0.2) is 124 Å². The molecule has 66 heavy (non-hydrogen) atoms. The van der Waals surface area contributed by atoms with Crippen LogP contribution in [0.25, 0.3) is 0 Å². The summed E-state index contributed by atoms with van der Waals surface area (Å²) >= 11 is 0. The second-order valence-electron chi connectivity index (χ2n) is 20.5. The first kappa shape index (κ1) is 58.3. The van der Waals surface area contributed by atoms with Gasteiger partial charge in [-0.2, -0.15) is 0 Å². The number of pyridine rings is 1. The summed E-state index contributed by atoms with van der Waals surface area (Å²) in [6.45, 7) is 27.2. The highest BCUT2D eigenvalue weighted by Crippen LogP contribution is 2.17. The third-order valence-corrected chi connectivity index (χ3v) is 7.87. The van der Waals surface area contributed by atoms with Crippen LogP contribution in [0.5, 0.6) is 5.88 Å². The quantitative estimate of drug-likeness (QED) is 0.0523. The summed E-state index contributed by atoms with van der Waals surface area (Å²) < 4.78 is 32.9. The van der Waals surface area contributed by atoms with Crippen molar-refractivity contribution in [3.63, 3.8) is 0 Å². The van der Waals surface area contributed by atoms with Gasteiger partial charge in [0, 0.05) is 44.5 Å². The Morgan fingerprint density at radius 1 is 0.606 bits per heavy atom. The van der Waals surface area contributed by atoms with Crippen LogP contribution in [0, 0.1) is 5.41 Å². The van der Waals surface area contributed by atoms with E-state index in [1.165, 1.54) is 11.1 Å². The summed E-state index contributed by atoms with van der Waals surface area (Å²) in [7, 11) is 1.76. The van der Waals surface area contributed by atoms with Crippen LogP contribution >= 0.6 is 0 Å². The molecule has 1 rings (SSSR count). The molecular weight excluding hydrogens is 855 g/mol. The highest BCUT2D eigenvalue weighted by Gasteiger charge is 2.30. The summed E-state index contributed by atoms with van der Waals surface area (Å²) in [6, 6.07) is 3.18. The number of rotatable bonds is 16. The lowest BCUT2D eigenvalue weighted by atomic mass is 10.1. The van der Waals surface area contributed by atoms with Gasteiger partial charge in [-0.05, 0) is 136 Å². The van der Waals surface area contributed by atoms with Crippen LogP contribution in [0.4, 0.5) is 24.0 Å². The van der Waals surface area contributed by atoms with Crippen molar-refractivity contribution >= 4 is 48.2 Å². The van der Waals surface area contributed by atoms with Gasteiger partial charge in [0.25, 0.3) is 0 Å². The summed E-state index contributed by atoms with van der Waals surface area (Å²) in [5.41, 5.74) is -3.49. The van der Waals surface area contributed by atoms with Crippen molar-refractivity contribution in [2.75, 3.05) is 33.3 Å². The van der Waals surface area contributed by atoms with E-state index in [1.54, 1.807) is 128 Å². The van der Waals surface area contributed by atoms with Gasteiger partial charge in [-0.1, -0.05) is 25.7 Å². The molecule has 0 spiro atoms. The largest absolute Gasteiger partial charge is 0.478 e. The monoisotopic (exact) mass is 934 g/mol. The van der Waals surface area contributed by atoms with Crippen molar-refractivity contribution in [3.05, 3.63) is 23.9 Å². The molecule has 0 aliphatic carbocycles. The molecule has 0 aliphatic heterocycles. The zero-order chi connectivity index (χ0) is 50.5. The Kier molecular flexibility index (Phi) is 23.4. The molecule has 0 saturated heterocycles. The molecule has 1 aromatic heterocycles. The number of nitrogens with one attached hydrogen (secondary N) is 4. The third-order valence-electron chi connectivity index (χ3n) is 7.87. The van der Waals surface area contributed by atoms with Crippen molar-refractivity contribution in [1.82, 2.24) is 30.7 Å². The van der Waals surface area contributed by atoms with Gasteiger partial charge in [0.05, 0.1) is 6.61 Å². The highest BCUT2D eigenvalue weighted by atomic mass is 16.6. The minimum absolute atomic E-state index is 0.0608. The molecule has 0 aromatic carbocycles. The number of aromatic nitrogens is 1. The molecule has 0 saturated carbocycles. The Balaban J connectivity index is 2.94. The van der Waals surface area contributed by atoms with Gasteiger partial charge >= 0.3 is 30.5 Å². The summed E-state index contributed by atoms with van der Waals surface area (Å²) in [5.74, 6) is 0.168. The van der Waals surface area contributed by atoms with E-state index < -0.39 is 58.5 Å². The Morgan fingerprint density at radius 2 is 1.08 bits per heavy atom. The second kappa shape index (κ2) is 26.5. The fourth-order valence-corrected chi connectivity index (χ4v) is 5.32. The molecule has 0 atom stereocenters. The molecule has 374 valence electrons. The van der Waals surface area contributed by atoms with Crippen molar-refractivity contribution in [3.8, 4) is 5.88 Å². The molecular formula is C46H79N9O11. The minimum atomic E-state index is -0.849. The standard InChI is InChI=1S/C46H79N9O11/c1-42(2,3)62-37(56)50-34(47)32-25-26-33(49-31-32)61-30-24-23-29-55(41(60)66-46(13,14)15)36(53-40(59)65-45(10,11)12)54(16)28-22-20-18-17-19-21-27-48-35(51-38(57)63-43(4,5)6)52-39(58)64-44(7,8)9/h25-26,31H,17-24,27-30H2,1-16H3,(H2,47,50,56)(H2,48,51,52,57,58). The molecule has 20 nitrogen and oxygen atoms in total. The van der Waals surface area contributed by atoms with Crippen LogP contribution in [0.15, 0.2) is 28.3 Å². The molecule has 0 fully saturated rings. The van der Waals surface area contributed by atoms with E-state index >= 15 is 0 Å². The number of ether oxygens (including phenoxy) is 6. The number of amidine groups is 1.